The highest BCUT2D eigenvalue weighted by Gasteiger charge is 2.47. The standard InChI is InChI=1S/C18H25F2N5O4/c1-10(2)25-9-18(19,20)16(28)24(4)12-8-21-17(23-15(12)25)22-11(3)13(29-5)6-7-14(26)27/h6,8,10,14,26-27H,3,7,9H2,1-2,4-5H3,(H,21,22,23)/b13-6+. The minimum atomic E-state index is -3.58. The number of rotatable bonds is 7. The van der Waals surface area contributed by atoms with E-state index in [0.29, 0.717) is 0 Å². The summed E-state index contributed by atoms with van der Waals surface area (Å²) in [7, 11) is 2.63. The highest BCUT2D eigenvalue weighted by Crippen LogP contribution is 2.36. The number of aliphatic hydroxyl groups excluding tert-OH is 1. The smallest absolute Gasteiger partial charge is 0.342 e. The summed E-state index contributed by atoms with van der Waals surface area (Å²) >= 11 is 0. The Hall–Kier alpha value is -2.79. The maximum absolute atomic E-state index is 14.3. The minimum Gasteiger partial charge on any atom is -0.495 e. The van der Waals surface area contributed by atoms with E-state index in [9.17, 15) is 13.6 Å². The zero-order valence-electron chi connectivity index (χ0n) is 16.7. The van der Waals surface area contributed by atoms with Gasteiger partial charge in [0.05, 0.1) is 25.5 Å². The number of hydrogen-bond acceptors (Lipinski definition) is 8. The minimum absolute atomic E-state index is 0.0537. The normalized spacial score (nSPS) is 16.8. The Morgan fingerprint density at radius 1 is 1.48 bits per heavy atom. The number of halogens is 2. The number of methoxy groups -OCH3 is 1. The fraction of sp³-hybridized carbons (Fsp3) is 0.500. The summed E-state index contributed by atoms with van der Waals surface area (Å²) in [5.41, 5.74) is 0.385. The molecule has 160 valence electrons. The predicted octanol–water partition coefficient (Wildman–Crippen LogP) is 1.46. The number of nitrogens with one attached hydrogen (secondary N) is 1. The van der Waals surface area contributed by atoms with E-state index in [0.717, 1.165) is 4.90 Å². The molecule has 0 bridgehead atoms. The van der Waals surface area contributed by atoms with E-state index in [1.165, 1.54) is 31.3 Å². The first kappa shape index (κ1) is 22.5. The SMILES string of the molecule is C=C(Nc1ncc2c(n1)N(C(C)C)CC(F)(F)C(=O)N2C)/C(=C\CC(O)O)OC. The summed E-state index contributed by atoms with van der Waals surface area (Å²) in [6.45, 7) is 6.41. The second-order valence-corrected chi connectivity index (χ2v) is 6.79. The number of aromatic nitrogens is 2. The van der Waals surface area contributed by atoms with Gasteiger partial charge in [-0.15, -0.1) is 0 Å². The lowest BCUT2D eigenvalue weighted by molar-refractivity contribution is -0.140. The third kappa shape index (κ3) is 4.98. The lowest BCUT2D eigenvalue weighted by Crippen LogP contribution is -2.47. The molecule has 2 rings (SSSR count). The molecule has 0 saturated heterocycles. The van der Waals surface area contributed by atoms with Crippen molar-refractivity contribution in [2.24, 2.45) is 0 Å². The molecule has 2 heterocycles. The summed E-state index contributed by atoms with van der Waals surface area (Å²) in [5.74, 6) is -4.45. The number of carbonyl (C=O) groups is 1. The zero-order chi connectivity index (χ0) is 21.9. The number of aliphatic hydroxyl groups is 2. The van der Waals surface area contributed by atoms with Crippen molar-refractivity contribution < 1.29 is 28.5 Å². The molecule has 0 unspecified atom stereocenters. The molecule has 0 aliphatic carbocycles. The van der Waals surface area contributed by atoms with Crippen LogP contribution in [-0.4, -0.2) is 65.0 Å². The van der Waals surface area contributed by atoms with Crippen LogP contribution in [0.3, 0.4) is 0 Å². The number of nitrogens with zero attached hydrogens (tertiary/aromatic N) is 4. The van der Waals surface area contributed by atoms with Crippen molar-refractivity contribution in [1.29, 1.82) is 0 Å². The van der Waals surface area contributed by atoms with Gasteiger partial charge in [-0.2, -0.15) is 13.8 Å². The molecule has 0 spiro atoms. The Kier molecular flexibility index (Phi) is 6.75. The molecule has 1 aliphatic heterocycles. The van der Waals surface area contributed by atoms with Crippen LogP contribution in [0.25, 0.3) is 0 Å². The Labute approximate surface area is 167 Å². The fourth-order valence-corrected chi connectivity index (χ4v) is 2.75. The molecule has 0 fully saturated rings. The largest absolute Gasteiger partial charge is 0.495 e. The highest BCUT2D eigenvalue weighted by molar-refractivity contribution is 6.01. The topological polar surface area (TPSA) is 111 Å². The molecule has 11 heteroatoms. The first-order valence-electron chi connectivity index (χ1n) is 8.84. The summed E-state index contributed by atoms with van der Waals surface area (Å²) in [5, 5.41) is 20.8. The Balaban J connectivity index is 2.39. The van der Waals surface area contributed by atoms with Crippen LogP contribution in [0.4, 0.5) is 26.2 Å². The van der Waals surface area contributed by atoms with Crippen LogP contribution in [0, 0.1) is 0 Å². The van der Waals surface area contributed by atoms with Gasteiger partial charge in [0.2, 0.25) is 5.95 Å². The molecule has 0 saturated carbocycles. The lowest BCUT2D eigenvalue weighted by atomic mass is 10.2. The third-order valence-corrected chi connectivity index (χ3v) is 4.29. The molecule has 0 aromatic carbocycles. The molecule has 1 amide bonds. The van der Waals surface area contributed by atoms with E-state index in [2.05, 4.69) is 21.9 Å². The van der Waals surface area contributed by atoms with Crippen molar-refractivity contribution in [1.82, 2.24) is 9.97 Å². The van der Waals surface area contributed by atoms with Crippen LogP contribution < -0.4 is 15.1 Å². The maximum Gasteiger partial charge on any atom is 0.342 e. The predicted molar refractivity (Wildman–Crippen MR) is 104 cm³/mol. The van der Waals surface area contributed by atoms with Gasteiger partial charge < -0.3 is 30.1 Å². The van der Waals surface area contributed by atoms with Gasteiger partial charge in [0.1, 0.15) is 11.4 Å². The van der Waals surface area contributed by atoms with E-state index < -0.39 is 24.7 Å². The Morgan fingerprint density at radius 3 is 2.69 bits per heavy atom. The number of fused-ring (bicyclic) bond motifs is 1. The van der Waals surface area contributed by atoms with Gasteiger partial charge >= 0.3 is 5.92 Å². The van der Waals surface area contributed by atoms with Crippen molar-refractivity contribution >= 4 is 23.4 Å². The van der Waals surface area contributed by atoms with E-state index in [-0.39, 0.29) is 41.4 Å². The first-order valence-corrected chi connectivity index (χ1v) is 8.84. The van der Waals surface area contributed by atoms with E-state index in [4.69, 9.17) is 14.9 Å². The number of anilines is 3. The van der Waals surface area contributed by atoms with Crippen LogP contribution in [0.2, 0.25) is 0 Å². The van der Waals surface area contributed by atoms with Crippen LogP contribution in [0.15, 0.2) is 30.3 Å². The van der Waals surface area contributed by atoms with Gasteiger partial charge in [-0.25, -0.2) is 4.98 Å². The molecule has 9 nitrogen and oxygen atoms in total. The molecular formula is C18H25F2N5O4. The average Bonchev–Trinajstić information content (AvgIpc) is 2.71. The monoisotopic (exact) mass is 413 g/mol. The number of amides is 1. The van der Waals surface area contributed by atoms with Crippen molar-refractivity contribution in [2.45, 2.75) is 38.5 Å². The lowest BCUT2D eigenvalue weighted by Gasteiger charge is -2.29. The number of carbonyl (C=O) groups excluding carboxylic acids is 1. The van der Waals surface area contributed by atoms with Crippen LogP contribution in [0.5, 0.6) is 0 Å². The highest BCUT2D eigenvalue weighted by atomic mass is 19.3. The van der Waals surface area contributed by atoms with Gasteiger partial charge in [0, 0.05) is 19.5 Å². The van der Waals surface area contributed by atoms with Crippen LogP contribution in [-0.2, 0) is 9.53 Å². The maximum atomic E-state index is 14.3. The van der Waals surface area contributed by atoms with Gasteiger partial charge in [0.15, 0.2) is 12.1 Å². The van der Waals surface area contributed by atoms with Gasteiger partial charge in [0.25, 0.3) is 5.91 Å². The molecule has 3 N–H and O–H groups in total. The number of alkyl halides is 2. The second kappa shape index (κ2) is 8.70. The van der Waals surface area contributed by atoms with Crippen molar-refractivity contribution in [3.8, 4) is 0 Å². The van der Waals surface area contributed by atoms with Crippen LogP contribution >= 0.6 is 0 Å². The van der Waals surface area contributed by atoms with E-state index in [1.807, 2.05) is 0 Å². The molecule has 1 aromatic heterocycles. The fourth-order valence-electron chi connectivity index (χ4n) is 2.75. The number of hydrogen-bond donors (Lipinski definition) is 3. The first-order chi connectivity index (χ1) is 13.5. The Morgan fingerprint density at radius 2 is 2.14 bits per heavy atom. The summed E-state index contributed by atoms with van der Waals surface area (Å²) < 4.78 is 33.8. The van der Waals surface area contributed by atoms with Gasteiger partial charge in [-0.1, -0.05) is 6.58 Å². The third-order valence-electron chi connectivity index (χ3n) is 4.29. The molecule has 1 aliphatic rings. The van der Waals surface area contributed by atoms with Crippen molar-refractivity contribution in [3.05, 3.63) is 30.3 Å². The average molecular weight is 413 g/mol. The summed E-state index contributed by atoms with van der Waals surface area (Å²) in [6, 6.07) is -0.356. The van der Waals surface area contributed by atoms with Crippen molar-refractivity contribution in [3.63, 3.8) is 0 Å². The van der Waals surface area contributed by atoms with Crippen LogP contribution in [0.1, 0.15) is 20.3 Å². The number of ether oxygens (including phenoxy) is 1. The van der Waals surface area contributed by atoms with E-state index in [1.54, 1.807) is 13.8 Å². The molecular weight excluding hydrogens is 388 g/mol. The molecule has 0 atom stereocenters. The zero-order valence-corrected chi connectivity index (χ0v) is 16.7. The summed E-state index contributed by atoms with van der Waals surface area (Å²) in [6.07, 6.45) is 1.06. The molecule has 29 heavy (non-hydrogen) atoms. The quantitative estimate of drug-likeness (QED) is 0.350. The Bertz CT molecular complexity index is 813. The molecule has 1 aromatic rings. The molecule has 0 radical (unpaired) electrons. The van der Waals surface area contributed by atoms with Gasteiger partial charge in [-0.3, -0.25) is 4.79 Å². The summed E-state index contributed by atoms with van der Waals surface area (Å²) in [4.78, 5) is 22.7. The second-order valence-electron chi connectivity index (χ2n) is 6.79. The van der Waals surface area contributed by atoms with Crippen molar-refractivity contribution in [2.75, 3.05) is 35.8 Å². The van der Waals surface area contributed by atoms with Gasteiger partial charge in [-0.05, 0) is 19.9 Å². The van der Waals surface area contributed by atoms with E-state index >= 15 is 0 Å².